The zero-order valence-electron chi connectivity index (χ0n) is 15.4. The summed E-state index contributed by atoms with van der Waals surface area (Å²) in [6.07, 6.45) is 2.32. The first kappa shape index (κ1) is 18.3. The van der Waals surface area contributed by atoms with E-state index in [2.05, 4.69) is 48.6 Å². The second-order valence-electron chi connectivity index (χ2n) is 7.38. The van der Waals surface area contributed by atoms with Crippen LogP contribution >= 0.6 is 0 Å². The van der Waals surface area contributed by atoms with Crippen molar-refractivity contribution >= 4 is 5.91 Å². The van der Waals surface area contributed by atoms with Crippen LogP contribution in [0.15, 0.2) is 59.8 Å². The van der Waals surface area contributed by atoms with Gasteiger partial charge in [0.05, 0.1) is 12.0 Å². The van der Waals surface area contributed by atoms with E-state index in [0.717, 1.165) is 24.0 Å². The highest BCUT2D eigenvalue weighted by Crippen LogP contribution is 2.30. The summed E-state index contributed by atoms with van der Waals surface area (Å²) >= 11 is 0. The molecule has 4 nitrogen and oxygen atoms in total. The molecule has 4 heteroatoms. The smallest absolute Gasteiger partial charge is 0.226 e. The van der Waals surface area contributed by atoms with Crippen LogP contribution in [0.4, 0.5) is 0 Å². The van der Waals surface area contributed by atoms with Gasteiger partial charge in [-0.2, -0.15) is 4.91 Å². The van der Waals surface area contributed by atoms with Crippen molar-refractivity contribution in [3.05, 3.63) is 76.2 Å². The van der Waals surface area contributed by atoms with E-state index < -0.39 is 6.04 Å². The van der Waals surface area contributed by atoms with Gasteiger partial charge < -0.3 is 5.32 Å². The van der Waals surface area contributed by atoms with Crippen LogP contribution in [0.5, 0.6) is 0 Å². The van der Waals surface area contributed by atoms with Crippen LogP contribution in [0.25, 0.3) is 0 Å². The highest BCUT2D eigenvalue weighted by Gasteiger charge is 2.35. The topological polar surface area (TPSA) is 58.5 Å². The summed E-state index contributed by atoms with van der Waals surface area (Å²) in [7, 11) is 0. The largest absolute Gasteiger partial charge is 0.345 e. The number of nitrogens with one attached hydrogen (secondary N) is 1. The Labute approximate surface area is 155 Å². The number of carbonyl (C=O) groups excluding carboxylic acids is 1. The number of rotatable bonds is 6. The Hall–Kier alpha value is -2.49. The summed E-state index contributed by atoms with van der Waals surface area (Å²) in [5.74, 6) is 0.0780. The van der Waals surface area contributed by atoms with Gasteiger partial charge in [-0.25, -0.2) is 0 Å². The van der Waals surface area contributed by atoms with E-state index in [4.69, 9.17) is 0 Å². The van der Waals surface area contributed by atoms with E-state index in [1.165, 1.54) is 5.56 Å². The van der Waals surface area contributed by atoms with Gasteiger partial charge in [-0.1, -0.05) is 80.0 Å². The molecule has 0 bridgehead atoms. The lowest BCUT2D eigenvalue weighted by Crippen LogP contribution is -2.37. The third-order valence-corrected chi connectivity index (χ3v) is 5.31. The van der Waals surface area contributed by atoms with Crippen LogP contribution in [-0.4, -0.2) is 11.9 Å². The third-order valence-electron chi connectivity index (χ3n) is 5.31. The molecule has 0 unspecified atom stereocenters. The summed E-state index contributed by atoms with van der Waals surface area (Å²) in [5, 5.41) is 6.33. The molecule has 0 spiro atoms. The molecular weight excluding hydrogens is 324 g/mol. The molecule has 0 aliphatic heterocycles. The van der Waals surface area contributed by atoms with Crippen LogP contribution in [0.1, 0.15) is 61.8 Å². The maximum absolute atomic E-state index is 12.8. The lowest BCUT2D eigenvalue weighted by Gasteiger charge is -2.23. The quantitative estimate of drug-likeness (QED) is 0.749. The van der Waals surface area contributed by atoms with Gasteiger partial charge in [0.15, 0.2) is 0 Å². The second-order valence-corrected chi connectivity index (χ2v) is 7.38. The summed E-state index contributed by atoms with van der Waals surface area (Å²) in [4.78, 5) is 23.9. The number of nitroso groups, excluding NO2 is 1. The molecule has 0 heterocycles. The molecule has 1 fully saturated rings. The van der Waals surface area contributed by atoms with Crippen molar-refractivity contribution in [1.29, 1.82) is 0 Å². The number of amides is 1. The summed E-state index contributed by atoms with van der Waals surface area (Å²) in [5.41, 5.74) is 3.35. The highest BCUT2D eigenvalue weighted by molar-refractivity contribution is 5.80. The van der Waals surface area contributed by atoms with Gasteiger partial charge in [-0.15, -0.1) is 0 Å². The molecule has 3 rings (SSSR count). The molecule has 1 saturated carbocycles. The van der Waals surface area contributed by atoms with Crippen molar-refractivity contribution in [2.45, 2.75) is 51.1 Å². The van der Waals surface area contributed by atoms with Crippen molar-refractivity contribution in [3.8, 4) is 0 Å². The van der Waals surface area contributed by atoms with E-state index in [-0.39, 0.29) is 17.9 Å². The Morgan fingerprint density at radius 1 is 0.962 bits per heavy atom. The molecule has 0 saturated heterocycles. The fourth-order valence-corrected chi connectivity index (χ4v) is 3.70. The maximum atomic E-state index is 12.8. The van der Waals surface area contributed by atoms with Crippen LogP contribution < -0.4 is 5.32 Å². The Bertz CT molecular complexity index is 740. The predicted octanol–water partition coefficient (Wildman–Crippen LogP) is 4.95. The monoisotopic (exact) mass is 350 g/mol. The maximum Gasteiger partial charge on any atom is 0.226 e. The van der Waals surface area contributed by atoms with Gasteiger partial charge in [0, 0.05) is 0 Å². The molecule has 26 heavy (non-hydrogen) atoms. The SMILES string of the molecule is CC(C)c1ccc([C@@H](NC(=O)[C@@H]2CCC[C@@H]2N=O)c2ccccc2)cc1. The van der Waals surface area contributed by atoms with Crippen molar-refractivity contribution < 1.29 is 4.79 Å². The zero-order chi connectivity index (χ0) is 18.5. The van der Waals surface area contributed by atoms with Gasteiger partial charge in [0.1, 0.15) is 6.04 Å². The van der Waals surface area contributed by atoms with Gasteiger partial charge in [-0.05, 0) is 35.4 Å². The number of benzene rings is 2. The molecule has 136 valence electrons. The number of hydrogen-bond acceptors (Lipinski definition) is 3. The number of carbonyl (C=O) groups is 1. The zero-order valence-corrected chi connectivity index (χ0v) is 15.4. The summed E-state index contributed by atoms with van der Waals surface area (Å²) in [6, 6.07) is 17.7. The minimum atomic E-state index is -0.394. The van der Waals surface area contributed by atoms with Crippen LogP contribution in [0.3, 0.4) is 0 Å². The average molecular weight is 350 g/mol. The third kappa shape index (κ3) is 4.01. The molecule has 1 N–H and O–H groups in total. The van der Waals surface area contributed by atoms with Crippen molar-refractivity contribution in [3.63, 3.8) is 0 Å². The van der Waals surface area contributed by atoms with Crippen molar-refractivity contribution in [2.24, 2.45) is 11.1 Å². The molecule has 2 aromatic carbocycles. The first-order valence-electron chi connectivity index (χ1n) is 9.37. The molecule has 2 aromatic rings. The van der Waals surface area contributed by atoms with Crippen molar-refractivity contribution in [2.75, 3.05) is 0 Å². The number of nitrogens with zero attached hydrogens (tertiary/aromatic N) is 1. The lowest BCUT2D eigenvalue weighted by molar-refractivity contribution is -0.125. The van der Waals surface area contributed by atoms with E-state index in [9.17, 15) is 9.70 Å². The molecule has 0 radical (unpaired) electrons. The number of hydrogen-bond donors (Lipinski definition) is 1. The molecule has 1 aliphatic rings. The van der Waals surface area contributed by atoms with E-state index in [1.54, 1.807) is 0 Å². The Morgan fingerprint density at radius 2 is 1.58 bits per heavy atom. The normalized spacial score (nSPS) is 20.7. The van der Waals surface area contributed by atoms with Gasteiger partial charge >= 0.3 is 0 Å². The van der Waals surface area contributed by atoms with Gasteiger partial charge in [0.2, 0.25) is 5.91 Å². The fourth-order valence-electron chi connectivity index (χ4n) is 3.70. The molecule has 1 aliphatic carbocycles. The predicted molar refractivity (Wildman–Crippen MR) is 104 cm³/mol. The Balaban J connectivity index is 1.86. The standard InChI is InChI=1S/C22H26N2O2/c1-15(2)16-11-13-18(14-12-16)21(17-7-4-3-5-8-17)23-22(25)19-9-6-10-20(19)24-26/h3-5,7-8,11-15,19-21H,6,9-10H2,1-2H3,(H,23,25)/t19-,20+,21+/m1/s1. The van der Waals surface area contributed by atoms with E-state index in [0.29, 0.717) is 12.3 Å². The molecule has 1 amide bonds. The second kappa shape index (κ2) is 8.26. The first-order valence-corrected chi connectivity index (χ1v) is 9.37. The van der Waals surface area contributed by atoms with E-state index >= 15 is 0 Å². The summed E-state index contributed by atoms with van der Waals surface area (Å²) in [6.45, 7) is 4.33. The van der Waals surface area contributed by atoms with Crippen molar-refractivity contribution in [1.82, 2.24) is 5.32 Å². The summed E-state index contributed by atoms with van der Waals surface area (Å²) < 4.78 is 0. The van der Waals surface area contributed by atoms with Crippen LogP contribution in [-0.2, 0) is 4.79 Å². The molecule has 0 aromatic heterocycles. The molecule has 3 atom stereocenters. The Morgan fingerprint density at radius 3 is 2.19 bits per heavy atom. The first-order chi connectivity index (χ1) is 12.6. The average Bonchev–Trinajstić information content (AvgIpc) is 3.15. The van der Waals surface area contributed by atoms with Crippen LogP contribution in [0, 0.1) is 10.8 Å². The van der Waals surface area contributed by atoms with E-state index in [1.807, 2.05) is 30.3 Å². The van der Waals surface area contributed by atoms with Gasteiger partial charge in [-0.3, -0.25) is 4.79 Å². The van der Waals surface area contributed by atoms with Crippen LogP contribution in [0.2, 0.25) is 0 Å². The van der Waals surface area contributed by atoms with Gasteiger partial charge in [0.25, 0.3) is 0 Å². The lowest BCUT2D eigenvalue weighted by atomic mass is 9.94. The minimum absolute atomic E-state index is 0.0751. The minimum Gasteiger partial charge on any atom is -0.345 e. The Kier molecular flexibility index (Phi) is 5.82. The fraction of sp³-hybridized carbons (Fsp3) is 0.409. The highest BCUT2D eigenvalue weighted by atomic mass is 16.3. The molecular formula is C22H26N2O2.